The summed E-state index contributed by atoms with van der Waals surface area (Å²) in [6, 6.07) is 12.6. The number of nitrogens with zero attached hydrogens (tertiary/aromatic N) is 2. The van der Waals surface area contributed by atoms with Crippen LogP contribution in [0.3, 0.4) is 0 Å². The van der Waals surface area contributed by atoms with Crippen molar-refractivity contribution in [2.45, 2.75) is 6.92 Å². The van der Waals surface area contributed by atoms with Gasteiger partial charge in [0.2, 0.25) is 0 Å². The third-order valence-corrected chi connectivity index (χ3v) is 4.60. The molecule has 0 bridgehead atoms. The minimum absolute atomic E-state index is 0.912. The molecule has 1 aromatic heterocycles. The Balaban J connectivity index is 2.06. The molecule has 0 radical (unpaired) electrons. The van der Waals surface area contributed by atoms with Gasteiger partial charge < -0.3 is 9.64 Å². The number of rotatable bonds is 3. The second-order valence-electron chi connectivity index (χ2n) is 5.25. The lowest BCUT2D eigenvalue weighted by atomic mass is 10.1. The minimum atomic E-state index is 0.912. The first-order chi connectivity index (χ1) is 10.1. The van der Waals surface area contributed by atoms with E-state index in [4.69, 9.17) is 9.72 Å². The molecule has 0 atom stereocenters. The summed E-state index contributed by atoms with van der Waals surface area (Å²) in [6.07, 6.45) is 0. The molecule has 0 spiro atoms. The van der Waals surface area contributed by atoms with Gasteiger partial charge in [0.05, 0.1) is 17.3 Å². The molecule has 0 unspecified atom stereocenters. The smallest absolute Gasteiger partial charge is 0.124 e. The zero-order valence-corrected chi connectivity index (χ0v) is 13.5. The summed E-state index contributed by atoms with van der Waals surface area (Å²) >= 11 is 1.73. The van der Waals surface area contributed by atoms with Crippen molar-refractivity contribution < 1.29 is 4.74 Å². The van der Waals surface area contributed by atoms with E-state index in [9.17, 15) is 0 Å². The van der Waals surface area contributed by atoms with E-state index in [2.05, 4.69) is 56.3 Å². The number of fused-ring (bicyclic) bond motifs is 1. The van der Waals surface area contributed by atoms with Crippen molar-refractivity contribution in [2.24, 2.45) is 0 Å². The molecule has 2 aromatic carbocycles. The maximum absolute atomic E-state index is 5.31. The molecule has 3 rings (SSSR count). The maximum atomic E-state index is 5.31. The van der Waals surface area contributed by atoms with Crippen molar-refractivity contribution in [3.63, 3.8) is 0 Å². The molecule has 108 valence electrons. The topological polar surface area (TPSA) is 25.4 Å². The van der Waals surface area contributed by atoms with E-state index in [0.29, 0.717) is 0 Å². The third-order valence-electron chi connectivity index (χ3n) is 3.53. The van der Waals surface area contributed by atoms with Crippen molar-refractivity contribution in [1.82, 2.24) is 4.98 Å². The molecule has 0 saturated heterocycles. The Kier molecular flexibility index (Phi) is 3.55. The summed E-state index contributed by atoms with van der Waals surface area (Å²) < 4.78 is 6.53. The average Bonchev–Trinajstić information content (AvgIpc) is 2.89. The molecule has 3 aromatic rings. The predicted octanol–water partition coefficient (Wildman–Crippen LogP) is 4.35. The highest BCUT2D eigenvalue weighted by Gasteiger charge is 2.09. The zero-order chi connectivity index (χ0) is 15.0. The number of methoxy groups -OCH3 is 1. The van der Waals surface area contributed by atoms with Gasteiger partial charge in [0.1, 0.15) is 10.8 Å². The van der Waals surface area contributed by atoms with Gasteiger partial charge in [0.25, 0.3) is 0 Å². The van der Waals surface area contributed by atoms with Crippen LogP contribution in [0.15, 0.2) is 36.4 Å². The molecule has 3 nitrogen and oxygen atoms in total. The second-order valence-corrected chi connectivity index (χ2v) is 6.28. The first kappa shape index (κ1) is 13.9. The number of anilines is 1. The number of aromatic nitrogens is 1. The van der Waals surface area contributed by atoms with Crippen LogP contribution in [0.1, 0.15) is 5.56 Å². The van der Waals surface area contributed by atoms with Gasteiger partial charge >= 0.3 is 0 Å². The van der Waals surface area contributed by atoms with E-state index in [0.717, 1.165) is 27.4 Å². The van der Waals surface area contributed by atoms with E-state index in [1.54, 1.807) is 18.4 Å². The predicted molar refractivity (Wildman–Crippen MR) is 90.7 cm³/mol. The van der Waals surface area contributed by atoms with E-state index < -0.39 is 0 Å². The number of aryl methyl sites for hydroxylation is 1. The number of benzene rings is 2. The van der Waals surface area contributed by atoms with Crippen molar-refractivity contribution in [3.05, 3.63) is 42.0 Å². The summed E-state index contributed by atoms with van der Waals surface area (Å²) in [5.41, 5.74) is 4.52. The molecule has 0 amide bonds. The highest BCUT2D eigenvalue weighted by atomic mass is 32.1. The molecule has 4 heteroatoms. The van der Waals surface area contributed by atoms with Crippen LogP contribution in [-0.4, -0.2) is 26.2 Å². The summed E-state index contributed by atoms with van der Waals surface area (Å²) in [5.74, 6) is 0.912. The van der Waals surface area contributed by atoms with Crippen LogP contribution in [0.2, 0.25) is 0 Å². The average molecular weight is 298 g/mol. The quantitative estimate of drug-likeness (QED) is 0.719. The summed E-state index contributed by atoms with van der Waals surface area (Å²) in [7, 11) is 5.80. The SMILES string of the molecule is COc1ccc(-c2nc3ccc(N(C)C)cc3s2)cc1C. The molecular formula is C17H18N2OS. The van der Waals surface area contributed by atoms with Gasteiger partial charge in [-0.05, 0) is 48.9 Å². The highest BCUT2D eigenvalue weighted by Crippen LogP contribution is 2.34. The first-order valence-corrected chi connectivity index (χ1v) is 7.63. The van der Waals surface area contributed by atoms with Gasteiger partial charge in [-0.3, -0.25) is 0 Å². The first-order valence-electron chi connectivity index (χ1n) is 6.81. The van der Waals surface area contributed by atoms with Crippen molar-refractivity contribution in [3.8, 4) is 16.3 Å². The van der Waals surface area contributed by atoms with E-state index in [1.165, 1.54) is 10.4 Å². The lowest BCUT2D eigenvalue weighted by Gasteiger charge is -2.11. The van der Waals surface area contributed by atoms with Crippen LogP contribution >= 0.6 is 11.3 Å². The Labute approximate surface area is 128 Å². The molecule has 0 aliphatic heterocycles. The summed E-state index contributed by atoms with van der Waals surface area (Å²) in [5, 5.41) is 1.05. The Hall–Kier alpha value is -2.07. The largest absolute Gasteiger partial charge is 0.496 e. The number of hydrogen-bond donors (Lipinski definition) is 0. The fourth-order valence-corrected chi connectivity index (χ4v) is 3.32. The molecule has 0 saturated carbocycles. The van der Waals surface area contributed by atoms with Gasteiger partial charge in [-0.25, -0.2) is 4.98 Å². The molecule has 1 heterocycles. The second kappa shape index (κ2) is 5.37. The maximum Gasteiger partial charge on any atom is 0.124 e. The molecule has 0 N–H and O–H groups in total. The van der Waals surface area contributed by atoms with Crippen LogP contribution < -0.4 is 9.64 Å². The van der Waals surface area contributed by atoms with Crippen LogP contribution in [0.5, 0.6) is 5.75 Å². The van der Waals surface area contributed by atoms with Gasteiger partial charge in [0, 0.05) is 25.3 Å². The third kappa shape index (κ3) is 2.59. The van der Waals surface area contributed by atoms with Gasteiger partial charge in [-0.15, -0.1) is 11.3 Å². The molecule has 0 fully saturated rings. The number of hydrogen-bond acceptors (Lipinski definition) is 4. The fourth-order valence-electron chi connectivity index (χ4n) is 2.33. The molecule has 21 heavy (non-hydrogen) atoms. The minimum Gasteiger partial charge on any atom is -0.496 e. The molecule has 0 aliphatic carbocycles. The number of thiazole rings is 1. The van der Waals surface area contributed by atoms with E-state index in [1.807, 2.05) is 6.07 Å². The summed E-state index contributed by atoms with van der Waals surface area (Å²) in [6.45, 7) is 2.06. The van der Waals surface area contributed by atoms with Crippen LogP contribution in [0.25, 0.3) is 20.8 Å². The molecule has 0 aliphatic rings. The van der Waals surface area contributed by atoms with Crippen molar-refractivity contribution >= 4 is 27.2 Å². The highest BCUT2D eigenvalue weighted by molar-refractivity contribution is 7.21. The Morgan fingerprint density at radius 1 is 1.10 bits per heavy atom. The van der Waals surface area contributed by atoms with Gasteiger partial charge in [-0.1, -0.05) is 0 Å². The monoisotopic (exact) mass is 298 g/mol. The Bertz CT molecular complexity index is 793. The van der Waals surface area contributed by atoms with E-state index in [-0.39, 0.29) is 0 Å². The van der Waals surface area contributed by atoms with Gasteiger partial charge in [-0.2, -0.15) is 0 Å². The lowest BCUT2D eigenvalue weighted by Crippen LogP contribution is -2.07. The normalized spacial score (nSPS) is 10.9. The Morgan fingerprint density at radius 2 is 1.90 bits per heavy atom. The summed E-state index contributed by atoms with van der Waals surface area (Å²) in [4.78, 5) is 6.85. The van der Waals surface area contributed by atoms with E-state index >= 15 is 0 Å². The lowest BCUT2D eigenvalue weighted by molar-refractivity contribution is 0.412. The standard InChI is InChI=1S/C17H18N2OS/c1-11-9-12(5-8-15(11)20-4)17-18-14-7-6-13(19(2)3)10-16(14)21-17/h5-10H,1-4H3. The Morgan fingerprint density at radius 3 is 2.57 bits per heavy atom. The number of ether oxygens (including phenoxy) is 1. The molecular weight excluding hydrogens is 280 g/mol. The van der Waals surface area contributed by atoms with Crippen molar-refractivity contribution in [2.75, 3.05) is 26.1 Å². The van der Waals surface area contributed by atoms with Crippen LogP contribution in [-0.2, 0) is 0 Å². The van der Waals surface area contributed by atoms with Crippen LogP contribution in [0, 0.1) is 6.92 Å². The fraction of sp³-hybridized carbons (Fsp3) is 0.235. The van der Waals surface area contributed by atoms with Crippen LogP contribution in [0.4, 0.5) is 5.69 Å². The zero-order valence-electron chi connectivity index (χ0n) is 12.7. The van der Waals surface area contributed by atoms with Crippen molar-refractivity contribution in [1.29, 1.82) is 0 Å². The van der Waals surface area contributed by atoms with Gasteiger partial charge in [0.15, 0.2) is 0 Å².